The number of hydrogen-bond acceptors (Lipinski definition) is 2. The van der Waals surface area contributed by atoms with Gasteiger partial charge in [-0.2, -0.15) is 17.7 Å². The first-order valence-corrected chi connectivity index (χ1v) is 4.03. The molecule has 0 saturated carbocycles. The van der Waals surface area contributed by atoms with Crippen molar-refractivity contribution in [2.75, 3.05) is 0 Å². The first-order valence-electron chi connectivity index (χ1n) is 3.52. The van der Waals surface area contributed by atoms with Crippen molar-refractivity contribution in [3.05, 3.63) is 48.7 Å². The Bertz CT molecular complexity index is 296. The van der Waals surface area contributed by atoms with Crippen LogP contribution >= 0.6 is 12.6 Å². The molecule has 62 valence electrons. The van der Waals surface area contributed by atoms with E-state index in [1.54, 1.807) is 22.4 Å². The lowest BCUT2D eigenvalue weighted by Gasteiger charge is -1.99. The van der Waals surface area contributed by atoms with Crippen LogP contribution < -0.4 is 0 Å². The topological polar surface area (TPSA) is 17.8 Å². The molecule has 1 rings (SSSR count). The van der Waals surface area contributed by atoms with Crippen molar-refractivity contribution in [3.8, 4) is 0 Å². The van der Waals surface area contributed by atoms with Crippen LogP contribution in [0.25, 0.3) is 5.70 Å². The van der Waals surface area contributed by atoms with Gasteiger partial charge < -0.3 is 0 Å². The second-order valence-corrected chi connectivity index (χ2v) is 2.39. The van der Waals surface area contributed by atoms with E-state index in [1.807, 2.05) is 24.4 Å². The maximum absolute atomic E-state index is 4.07. The van der Waals surface area contributed by atoms with Gasteiger partial charge >= 0.3 is 0 Å². The Morgan fingerprint density at radius 2 is 2.42 bits per heavy atom. The molecular weight excluding hydrogens is 168 g/mol. The molecule has 3 heteroatoms. The molecule has 12 heavy (non-hydrogen) atoms. The predicted octanol–water partition coefficient (Wildman–Crippen LogP) is 2.35. The third-order valence-corrected chi connectivity index (χ3v) is 1.45. The van der Waals surface area contributed by atoms with Crippen molar-refractivity contribution in [1.29, 1.82) is 0 Å². The van der Waals surface area contributed by atoms with Gasteiger partial charge in [-0.1, -0.05) is 12.7 Å². The Labute approximate surface area is 77.3 Å². The Kier molecular flexibility index (Phi) is 3.41. The van der Waals surface area contributed by atoms with Crippen LogP contribution in [0.4, 0.5) is 0 Å². The van der Waals surface area contributed by atoms with Crippen LogP contribution in [0.2, 0.25) is 0 Å². The Balaban J connectivity index is 2.95. The molecule has 0 spiro atoms. The lowest BCUT2D eigenvalue weighted by Crippen LogP contribution is -1.93. The summed E-state index contributed by atoms with van der Waals surface area (Å²) in [4.78, 5) is 0. The van der Waals surface area contributed by atoms with Crippen LogP contribution in [0.15, 0.2) is 48.7 Å². The standard InChI is InChI=1S/C9H10N2S/c1-2-4-9(5-8-12)11-7-3-6-10-11/h2-8,12H,1H2/b8-5-,9-4+. The largest absolute Gasteiger partial charge is 0.241 e. The molecule has 1 aromatic heterocycles. The zero-order chi connectivity index (χ0) is 8.81. The summed E-state index contributed by atoms with van der Waals surface area (Å²) < 4.78 is 1.74. The third-order valence-electron chi connectivity index (χ3n) is 1.30. The maximum atomic E-state index is 4.07. The molecule has 0 aliphatic carbocycles. The summed E-state index contributed by atoms with van der Waals surface area (Å²) in [6.45, 7) is 3.62. The van der Waals surface area contributed by atoms with E-state index in [2.05, 4.69) is 24.3 Å². The molecule has 1 aromatic rings. The van der Waals surface area contributed by atoms with Gasteiger partial charge in [-0.05, 0) is 23.6 Å². The van der Waals surface area contributed by atoms with Gasteiger partial charge in [-0.3, -0.25) is 0 Å². The van der Waals surface area contributed by atoms with E-state index < -0.39 is 0 Å². The molecule has 0 unspecified atom stereocenters. The Hall–Kier alpha value is -1.22. The van der Waals surface area contributed by atoms with E-state index >= 15 is 0 Å². The fourth-order valence-electron chi connectivity index (χ4n) is 0.827. The normalized spacial score (nSPS) is 12.2. The van der Waals surface area contributed by atoms with Crippen molar-refractivity contribution < 1.29 is 0 Å². The van der Waals surface area contributed by atoms with Gasteiger partial charge in [0.15, 0.2) is 0 Å². The molecule has 0 aromatic carbocycles. The molecule has 0 atom stereocenters. The zero-order valence-electron chi connectivity index (χ0n) is 6.59. The van der Waals surface area contributed by atoms with Crippen LogP contribution in [-0.2, 0) is 0 Å². The van der Waals surface area contributed by atoms with E-state index in [1.165, 1.54) is 0 Å². The van der Waals surface area contributed by atoms with Crippen LogP contribution in [0.1, 0.15) is 0 Å². The molecule has 0 radical (unpaired) electrons. The zero-order valence-corrected chi connectivity index (χ0v) is 7.48. The Morgan fingerprint density at radius 3 is 2.92 bits per heavy atom. The van der Waals surface area contributed by atoms with E-state index in [4.69, 9.17) is 0 Å². The summed E-state index contributed by atoms with van der Waals surface area (Å²) in [5.74, 6) is 0. The van der Waals surface area contributed by atoms with Gasteiger partial charge in [0.1, 0.15) is 0 Å². The second-order valence-electron chi connectivity index (χ2n) is 2.09. The van der Waals surface area contributed by atoms with Gasteiger partial charge in [0.2, 0.25) is 0 Å². The highest BCUT2D eigenvalue weighted by molar-refractivity contribution is 7.83. The highest BCUT2D eigenvalue weighted by Crippen LogP contribution is 2.04. The van der Waals surface area contributed by atoms with E-state index in [0.29, 0.717) is 0 Å². The highest BCUT2D eigenvalue weighted by Gasteiger charge is 1.92. The van der Waals surface area contributed by atoms with Crippen molar-refractivity contribution >= 4 is 18.3 Å². The number of nitrogens with zero attached hydrogens (tertiary/aromatic N) is 2. The molecule has 0 bridgehead atoms. The molecule has 0 aliphatic rings. The number of aromatic nitrogens is 2. The Morgan fingerprint density at radius 1 is 1.58 bits per heavy atom. The summed E-state index contributed by atoms with van der Waals surface area (Å²) in [7, 11) is 0. The molecule has 0 N–H and O–H groups in total. The van der Waals surface area contributed by atoms with Crippen molar-refractivity contribution in [3.63, 3.8) is 0 Å². The molecule has 0 amide bonds. The first kappa shape index (κ1) is 8.87. The molecular formula is C9H10N2S. The van der Waals surface area contributed by atoms with Crippen LogP contribution in [-0.4, -0.2) is 9.78 Å². The van der Waals surface area contributed by atoms with Gasteiger partial charge in [0.05, 0.1) is 5.70 Å². The smallest absolute Gasteiger partial charge is 0.0650 e. The average Bonchev–Trinajstić information content (AvgIpc) is 2.56. The average molecular weight is 178 g/mol. The third kappa shape index (κ3) is 2.13. The maximum Gasteiger partial charge on any atom is 0.0650 e. The molecule has 0 aliphatic heterocycles. The summed E-state index contributed by atoms with van der Waals surface area (Å²) in [6.07, 6.45) is 9.01. The number of thiol groups is 1. The van der Waals surface area contributed by atoms with E-state index in [-0.39, 0.29) is 0 Å². The minimum absolute atomic E-state index is 0.935. The first-order chi connectivity index (χ1) is 5.88. The fraction of sp³-hybridized carbons (Fsp3) is 0. The van der Waals surface area contributed by atoms with Gasteiger partial charge in [-0.25, -0.2) is 4.68 Å². The molecule has 1 heterocycles. The summed E-state index contributed by atoms with van der Waals surface area (Å²) >= 11 is 3.99. The quantitative estimate of drug-likeness (QED) is 0.555. The second kappa shape index (κ2) is 4.62. The number of rotatable bonds is 3. The molecule has 0 fully saturated rings. The summed E-state index contributed by atoms with van der Waals surface area (Å²) in [5, 5.41) is 5.73. The van der Waals surface area contributed by atoms with Crippen LogP contribution in [0.3, 0.4) is 0 Å². The summed E-state index contributed by atoms with van der Waals surface area (Å²) in [5.41, 5.74) is 0.935. The monoisotopic (exact) mass is 178 g/mol. The lowest BCUT2D eigenvalue weighted by atomic mass is 10.4. The van der Waals surface area contributed by atoms with Crippen LogP contribution in [0.5, 0.6) is 0 Å². The SMILES string of the molecule is C=C/C=C(\C=C/S)n1cccn1. The fourth-order valence-corrected chi connectivity index (χ4v) is 0.980. The van der Waals surface area contributed by atoms with Gasteiger partial charge in [0.25, 0.3) is 0 Å². The van der Waals surface area contributed by atoms with Gasteiger partial charge in [0, 0.05) is 12.4 Å². The van der Waals surface area contributed by atoms with E-state index in [0.717, 1.165) is 5.70 Å². The molecule has 0 saturated heterocycles. The lowest BCUT2D eigenvalue weighted by molar-refractivity contribution is 0.910. The highest BCUT2D eigenvalue weighted by atomic mass is 32.1. The van der Waals surface area contributed by atoms with Gasteiger partial charge in [-0.15, -0.1) is 0 Å². The number of hydrogen-bond donors (Lipinski definition) is 1. The minimum Gasteiger partial charge on any atom is -0.241 e. The molecule has 2 nitrogen and oxygen atoms in total. The van der Waals surface area contributed by atoms with E-state index in [9.17, 15) is 0 Å². The van der Waals surface area contributed by atoms with Crippen molar-refractivity contribution in [1.82, 2.24) is 9.78 Å². The van der Waals surface area contributed by atoms with Crippen LogP contribution in [0, 0.1) is 0 Å². The number of allylic oxidation sites excluding steroid dienone is 4. The van der Waals surface area contributed by atoms with Crippen molar-refractivity contribution in [2.24, 2.45) is 0 Å². The predicted molar refractivity (Wildman–Crippen MR) is 54.8 cm³/mol. The summed E-state index contributed by atoms with van der Waals surface area (Å²) in [6, 6.07) is 1.86. The minimum atomic E-state index is 0.935. The van der Waals surface area contributed by atoms with Crippen molar-refractivity contribution in [2.45, 2.75) is 0 Å².